The second-order valence-corrected chi connectivity index (χ2v) is 4.82. The second kappa shape index (κ2) is 4.23. The Morgan fingerprint density at radius 3 is 2.60 bits per heavy atom. The van der Waals surface area contributed by atoms with Crippen LogP contribution in [-0.2, 0) is 6.54 Å². The molecule has 0 aliphatic heterocycles. The molecule has 2 nitrogen and oxygen atoms in total. The molecule has 1 aliphatic rings. The molecule has 0 amide bonds. The summed E-state index contributed by atoms with van der Waals surface area (Å²) in [5.41, 5.74) is 8.35. The number of nitrogen functional groups attached to an aromatic ring is 1. The van der Waals surface area contributed by atoms with Crippen molar-refractivity contribution in [3.8, 4) is 0 Å². The van der Waals surface area contributed by atoms with E-state index in [0.717, 1.165) is 12.2 Å². The number of anilines is 1. The monoisotopic (exact) mass is 204 g/mol. The zero-order valence-corrected chi connectivity index (χ0v) is 9.42. The Morgan fingerprint density at radius 2 is 1.93 bits per heavy atom. The minimum Gasteiger partial charge on any atom is -0.398 e. The van der Waals surface area contributed by atoms with E-state index in [1.54, 1.807) is 0 Å². The van der Waals surface area contributed by atoms with Crippen molar-refractivity contribution >= 4 is 5.69 Å². The predicted molar refractivity (Wildman–Crippen MR) is 64.6 cm³/mol. The van der Waals surface area contributed by atoms with Crippen LogP contribution in [0.3, 0.4) is 0 Å². The van der Waals surface area contributed by atoms with E-state index < -0.39 is 0 Å². The highest BCUT2D eigenvalue weighted by Crippen LogP contribution is 2.29. The van der Waals surface area contributed by atoms with E-state index in [1.165, 1.54) is 31.2 Å². The van der Waals surface area contributed by atoms with Gasteiger partial charge in [-0.1, -0.05) is 31.0 Å². The molecule has 0 atom stereocenters. The van der Waals surface area contributed by atoms with Crippen LogP contribution in [-0.4, -0.2) is 5.54 Å². The Bertz CT molecular complexity index is 327. The first-order chi connectivity index (χ1) is 7.20. The molecule has 0 heterocycles. The zero-order valence-electron chi connectivity index (χ0n) is 9.42. The summed E-state index contributed by atoms with van der Waals surface area (Å²) in [4.78, 5) is 0. The van der Waals surface area contributed by atoms with Crippen molar-refractivity contribution in [2.24, 2.45) is 0 Å². The van der Waals surface area contributed by atoms with Crippen LogP contribution in [0.2, 0.25) is 0 Å². The molecule has 82 valence electrons. The molecule has 0 spiro atoms. The van der Waals surface area contributed by atoms with Gasteiger partial charge in [-0.25, -0.2) is 0 Å². The van der Waals surface area contributed by atoms with Gasteiger partial charge in [-0.15, -0.1) is 0 Å². The summed E-state index contributed by atoms with van der Waals surface area (Å²) in [5.74, 6) is 0. The Labute approximate surface area is 91.9 Å². The molecule has 0 radical (unpaired) electrons. The maximum absolute atomic E-state index is 5.91. The SMILES string of the molecule is CC1(NCc2ccccc2N)CCCC1. The lowest BCUT2D eigenvalue weighted by atomic mass is 10.00. The molecule has 1 aromatic carbocycles. The third-order valence-corrected chi connectivity index (χ3v) is 3.47. The zero-order chi connectivity index (χ0) is 10.7. The van der Waals surface area contributed by atoms with Gasteiger partial charge in [-0.05, 0) is 31.4 Å². The molecule has 1 aromatic rings. The molecule has 2 heteroatoms. The van der Waals surface area contributed by atoms with E-state index in [-0.39, 0.29) is 0 Å². The molecule has 0 bridgehead atoms. The molecule has 15 heavy (non-hydrogen) atoms. The van der Waals surface area contributed by atoms with E-state index in [1.807, 2.05) is 18.2 Å². The van der Waals surface area contributed by atoms with E-state index >= 15 is 0 Å². The summed E-state index contributed by atoms with van der Waals surface area (Å²) in [6.45, 7) is 3.21. The van der Waals surface area contributed by atoms with Gasteiger partial charge in [0, 0.05) is 17.8 Å². The molecular weight excluding hydrogens is 184 g/mol. The number of para-hydroxylation sites is 1. The van der Waals surface area contributed by atoms with Crippen LogP contribution in [0.1, 0.15) is 38.2 Å². The van der Waals surface area contributed by atoms with Crippen molar-refractivity contribution in [2.75, 3.05) is 5.73 Å². The first-order valence-electron chi connectivity index (χ1n) is 5.78. The molecule has 1 saturated carbocycles. The van der Waals surface area contributed by atoms with Crippen LogP contribution in [0.25, 0.3) is 0 Å². The largest absolute Gasteiger partial charge is 0.398 e. The van der Waals surface area contributed by atoms with E-state index in [4.69, 9.17) is 5.73 Å². The summed E-state index contributed by atoms with van der Waals surface area (Å²) in [5, 5.41) is 3.64. The fourth-order valence-corrected chi connectivity index (χ4v) is 2.34. The summed E-state index contributed by atoms with van der Waals surface area (Å²) in [6.07, 6.45) is 5.29. The maximum atomic E-state index is 5.91. The molecule has 1 aliphatic carbocycles. The maximum Gasteiger partial charge on any atom is 0.0359 e. The third kappa shape index (κ3) is 2.51. The number of benzene rings is 1. The van der Waals surface area contributed by atoms with Crippen LogP contribution in [0.5, 0.6) is 0 Å². The van der Waals surface area contributed by atoms with Crippen molar-refractivity contribution in [3.63, 3.8) is 0 Å². The van der Waals surface area contributed by atoms with Gasteiger partial charge in [0.2, 0.25) is 0 Å². The highest BCUT2D eigenvalue weighted by Gasteiger charge is 2.27. The first kappa shape index (κ1) is 10.5. The Balaban J connectivity index is 1.95. The van der Waals surface area contributed by atoms with Gasteiger partial charge in [-0.3, -0.25) is 0 Å². The normalized spacial score (nSPS) is 19.3. The molecular formula is C13H20N2. The van der Waals surface area contributed by atoms with Crippen LogP contribution < -0.4 is 11.1 Å². The van der Waals surface area contributed by atoms with Crippen molar-refractivity contribution in [3.05, 3.63) is 29.8 Å². The van der Waals surface area contributed by atoms with Gasteiger partial charge in [0.1, 0.15) is 0 Å². The van der Waals surface area contributed by atoms with Gasteiger partial charge in [0.15, 0.2) is 0 Å². The Hall–Kier alpha value is -1.02. The lowest BCUT2D eigenvalue weighted by Gasteiger charge is -2.25. The minimum atomic E-state index is 0.336. The third-order valence-electron chi connectivity index (χ3n) is 3.47. The molecule has 0 saturated heterocycles. The van der Waals surface area contributed by atoms with E-state index in [9.17, 15) is 0 Å². The smallest absolute Gasteiger partial charge is 0.0359 e. The van der Waals surface area contributed by atoms with Crippen LogP contribution >= 0.6 is 0 Å². The van der Waals surface area contributed by atoms with Crippen molar-refractivity contribution < 1.29 is 0 Å². The van der Waals surface area contributed by atoms with E-state index in [0.29, 0.717) is 5.54 Å². The fraction of sp³-hybridized carbons (Fsp3) is 0.538. The number of hydrogen-bond acceptors (Lipinski definition) is 2. The van der Waals surface area contributed by atoms with Gasteiger partial charge in [0.05, 0.1) is 0 Å². The molecule has 0 unspecified atom stereocenters. The standard InChI is InChI=1S/C13H20N2/c1-13(8-4-5-9-13)15-10-11-6-2-3-7-12(11)14/h2-3,6-7,15H,4-5,8-10,14H2,1H3. The van der Waals surface area contributed by atoms with E-state index in [2.05, 4.69) is 18.3 Å². The van der Waals surface area contributed by atoms with Gasteiger partial charge >= 0.3 is 0 Å². The van der Waals surface area contributed by atoms with Crippen molar-refractivity contribution in [1.82, 2.24) is 5.32 Å². The molecule has 0 aromatic heterocycles. The van der Waals surface area contributed by atoms with Gasteiger partial charge in [0.25, 0.3) is 0 Å². The molecule has 1 fully saturated rings. The highest BCUT2D eigenvalue weighted by atomic mass is 15.0. The topological polar surface area (TPSA) is 38.0 Å². The summed E-state index contributed by atoms with van der Waals surface area (Å²) < 4.78 is 0. The highest BCUT2D eigenvalue weighted by molar-refractivity contribution is 5.46. The average molecular weight is 204 g/mol. The lowest BCUT2D eigenvalue weighted by Crippen LogP contribution is -2.38. The summed E-state index contributed by atoms with van der Waals surface area (Å²) >= 11 is 0. The Morgan fingerprint density at radius 1 is 1.27 bits per heavy atom. The Kier molecular flexibility index (Phi) is 2.96. The number of hydrogen-bond donors (Lipinski definition) is 2. The van der Waals surface area contributed by atoms with Crippen molar-refractivity contribution in [1.29, 1.82) is 0 Å². The second-order valence-electron chi connectivity index (χ2n) is 4.82. The minimum absolute atomic E-state index is 0.336. The quantitative estimate of drug-likeness (QED) is 0.743. The van der Waals surface area contributed by atoms with Crippen LogP contribution in [0.4, 0.5) is 5.69 Å². The molecule has 2 rings (SSSR count). The van der Waals surface area contributed by atoms with Crippen LogP contribution in [0, 0.1) is 0 Å². The predicted octanol–water partition coefficient (Wildman–Crippen LogP) is 2.69. The average Bonchev–Trinajstić information content (AvgIpc) is 2.65. The van der Waals surface area contributed by atoms with Crippen LogP contribution in [0.15, 0.2) is 24.3 Å². The number of nitrogens with one attached hydrogen (secondary N) is 1. The fourth-order valence-electron chi connectivity index (χ4n) is 2.34. The van der Waals surface area contributed by atoms with Gasteiger partial charge in [-0.2, -0.15) is 0 Å². The van der Waals surface area contributed by atoms with Crippen molar-refractivity contribution in [2.45, 2.75) is 44.7 Å². The lowest BCUT2D eigenvalue weighted by molar-refractivity contribution is 0.363. The van der Waals surface area contributed by atoms with Gasteiger partial charge < -0.3 is 11.1 Å². The number of rotatable bonds is 3. The number of nitrogens with two attached hydrogens (primary N) is 1. The first-order valence-corrected chi connectivity index (χ1v) is 5.78. The summed E-state index contributed by atoms with van der Waals surface area (Å²) in [6, 6.07) is 8.09. The molecule has 3 N–H and O–H groups in total. The summed E-state index contributed by atoms with van der Waals surface area (Å²) in [7, 11) is 0.